The van der Waals surface area contributed by atoms with Crippen molar-refractivity contribution in [1.82, 2.24) is 0 Å². The molecule has 0 aliphatic carbocycles. The quantitative estimate of drug-likeness (QED) is 0.722. The fraction of sp³-hybridized carbons (Fsp3) is 0.600. The van der Waals surface area contributed by atoms with Crippen molar-refractivity contribution in [3.63, 3.8) is 0 Å². The van der Waals surface area contributed by atoms with Crippen molar-refractivity contribution < 1.29 is 14.6 Å². The highest BCUT2D eigenvalue weighted by molar-refractivity contribution is 7.98. The lowest BCUT2D eigenvalue weighted by Crippen LogP contribution is -2.27. The molecule has 1 aliphatic rings. The average Bonchev–Trinajstić information content (AvgIpc) is 2.98. The number of para-hydroxylation sites is 1. The highest BCUT2D eigenvalue weighted by atomic mass is 32.2. The van der Waals surface area contributed by atoms with Crippen LogP contribution in [0.2, 0.25) is 0 Å². The van der Waals surface area contributed by atoms with Crippen molar-refractivity contribution in [3.05, 3.63) is 24.3 Å². The maximum Gasteiger partial charge on any atom is 0.0945 e. The van der Waals surface area contributed by atoms with E-state index in [1.165, 1.54) is 4.90 Å². The Morgan fingerprint density at radius 3 is 3.10 bits per heavy atom. The Morgan fingerprint density at radius 1 is 1.50 bits per heavy atom. The van der Waals surface area contributed by atoms with E-state index in [1.54, 1.807) is 11.8 Å². The Morgan fingerprint density at radius 2 is 2.35 bits per heavy atom. The predicted octanol–water partition coefficient (Wildman–Crippen LogP) is 2.38. The van der Waals surface area contributed by atoms with Crippen molar-refractivity contribution in [2.45, 2.75) is 29.9 Å². The molecule has 0 radical (unpaired) electrons. The van der Waals surface area contributed by atoms with Crippen LogP contribution in [0.5, 0.6) is 0 Å². The Kier molecular flexibility index (Phi) is 6.66. The van der Waals surface area contributed by atoms with E-state index in [9.17, 15) is 5.11 Å². The van der Waals surface area contributed by atoms with Crippen LogP contribution >= 0.6 is 11.8 Å². The van der Waals surface area contributed by atoms with Gasteiger partial charge in [-0.25, -0.2) is 0 Å². The smallest absolute Gasteiger partial charge is 0.0945 e. The van der Waals surface area contributed by atoms with E-state index in [0.717, 1.165) is 25.1 Å². The van der Waals surface area contributed by atoms with Gasteiger partial charge < -0.3 is 19.9 Å². The van der Waals surface area contributed by atoms with Crippen LogP contribution in [-0.2, 0) is 9.47 Å². The summed E-state index contributed by atoms with van der Waals surface area (Å²) in [4.78, 5) is 1.18. The number of thioether (sulfide) groups is 1. The number of aliphatic hydroxyl groups excluding tert-OH is 1. The summed E-state index contributed by atoms with van der Waals surface area (Å²) in [6.07, 6.45) is 3.93. The fourth-order valence-corrected chi connectivity index (χ4v) is 2.76. The van der Waals surface area contributed by atoms with E-state index in [1.807, 2.05) is 24.5 Å². The van der Waals surface area contributed by atoms with Gasteiger partial charge in [-0.05, 0) is 31.2 Å². The third-order valence-electron chi connectivity index (χ3n) is 3.27. The molecule has 1 saturated heterocycles. The average molecular weight is 297 g/mol. The molecule has 112 valence electrons. The first-order chi connectivity index (χ1) is 9.79. The first-order valence-electron chi connectivity index (χ1n) is 7.04. The fourth-order valence-electron chi connectivity index (χ4n) is 2.19. The second-order valence-electron chi connectivity index (χ2n) is 4.91. The lowest BCUT2D eigenvalue weighted by molar-refractivity contribution is -0.0137. The van der Waals surface area contributed by atoms with E-state index in [0.29, 0.717) is 19.8 Å². The minimum atomic E-state index is -0.508. The van der Waals surface area contributed by atoms with Crippen molar-refractivity contribution >= 4 is 17.4 Å². The topological polar surface area (TPSA) is 50.7 Å². The summed E-state index contributed by atoms with van der Waals surface area (Å²) in [6.45, 7) is 2.25. The van der Waals surface area contributed by atoms with Gasteiger partial charge >= 0.3 is 0 Å². The molecule has 1 aromatic rings. The standard InChI is InChI=1S/C15H23NO3S/c1-20-15-7-3-2-6-14(15)16-9-12(17)10-18-11-13-5-4-8-19-13/h2-3,6-7,12-13,16-17H,4-5,8-11H2,1H3. The van der Waals surface area contributed by atoms with Gasteiger partial charge in [-0.1, -0.05) is 12.1 Å². The molecular formula is C15H23NO3S. The second kappa shape index (κ2) is 8.52. The normalized spacial score (nSPS) is 20.0. The number of anilines is 1. The molecule has 2 N–H and O–H groups in total. The van der Waals surface area contributed by atoms with Crippen LogP contribution in [0.3, 0.4) is 0 Å². The van der Waals surface area contributed by atoms with Gasteiger partial charge in [0.1, 0.15) is 0 Å². The van der Waals surface area contributed by atoms with Crippen molar-refractivity contribution in [2.24, 2.45) is 0 Å². The van der Waals surface area contributed by atoms with Crippen molar-refractivity contribution in [3.8, 4) is 0 Å². The zero-order chi connectivity index (χ0) is 14.2. The largest absolute Gasteiger partial charge is 0.389 e. The SMILES string of the molecule is CSc1ccccc1NCC(O)COCC1CCCO1. The van der Waals surface area contributed by atoms with Crippen LogP contribution in [0.4, 0.5) is 5.69 Å². The molecule has 0 spiro atoms. The molecule has 0 saturated carbocycles. The number of hydrogen-bond donors (Lipinski definition) is 2. The van der Waals surface area contributed by atoms with E-state index in [2.05, 4.69) is 11.4 Å². The zero-order valence-electron chi connectivity index (χ0n) is 11.9. The van der Waals surface area contributed by atoms with E-state index >= 15 is 0 Å². The van der Waals surface area contributed by atoms with E-state index in [4.69, 9.17) is 9.47 Å². The number of rotatable bonds is 8. The first kappa shape index (κ1) is 15.6. The molecule has 1 fully saturated rings. The third-order valence-corrected chi connectivity index (χ3v) is 4.07. The summed E-state index contributed by atoms with van der Waals surface area (Å²) in [5.74, 6) is 0. The minimum Gasteiger partial charge on any atom is -0.389 e. The van der Waals surface area contributed by atoms with Gasteiger partial charge in [-0.3, -0.25) is 0 Å². The van der Waals surface area contributed by atoms with Gasteiger partial charge in [0.05, 0.1) is 25.4 Å². The van der Waals surface area contributed by atoms with Crippen LogP contribution in [0.1, 0.15) is 12.8 Å². The third kappa shape index (κ3) is 4.98. The molecule has 0 aromatic heterocycles. The Balaban J connectivity index is 1.65. The molecule has 20 heavy (non-hydrogen) atoms. The highest BCUT2D eigenvalue weighted by Crippen LogP contribution is 2.24. The van der Waals surface area contributed by atoms with Gasteiger partial charge in [-0.2, -0.15) is 0 Å². The summed E-state index contributed by atoms with van der Waals surface area (Å²) in [6, 6.07) is 8.08. The van der Waals surface area contributed by atoms with Crippen LogP contribution in [0.25, 0.3) is 0 Å². The summed E-state index contributed by atoms with van der Waals surface area (Å²) < 4.78 is 11.0. The second-order valence-corrected chi connectivity index (χ2v) is 5.76. The van der Waals surface area contributed by atoms with Gasteiger partial charge in [0.2, 0.25) is 0 Å². The Hall–Kier alpha value is -0.750. The molecular weight excluding hydrogens is 274 g/mol. The molecule has 0 bridgehead atoms. The number of aliphatic hydroxyl groups is 1. The van der Waals surface area contributed by atoms with Gasteiger partial charge in [0.15, 0.2) is 0 Å². The Bertz CT molecular complexity index is 396. The van der Waals surface area contributed by atoms with Crippen LogP contribution in [0, 0.1) is 0 Å². The first-order valence-corrected chi connectivity index (χ1v) is 8.26. The van der Waals surface area contributed by atoms with Gasteiger partial charge in [-0.15, -0.1) is 11.8 Å². The van der Waals surface area contributed by atoms with Crippen molar-refractivity contribution in [1.29, 1.82) is 0 Å². The lowest BCUT2D eigenvalue weighted by atomic mass is 10.2. The summed E-state index contributed by atoms with van der Waals surface area (Å²) in [7, 11) is 0. The maximum absolute atomic E-state index is 9.91. The number of hydrogen-bond acceptors (Lipinski definition) is 5. The number of nitrogens with one attached hydrogen (secondary N) is 1. The highest BCUT2D eigenvalue weighted by Gasteiger charge is 2.16. The van der Waals surface area contributed by atoms with Crippen LogP contribution in [0.15, 0.2) is 29.2 Å². The molecule has 5 heteroatoms. The van der Waals surface area contributed by atoms with Gasteiger partial charge in [0, 0.05) is 23.7 Å². The molecule has 0 amide bonds. The zero-order valence-corrected chi connectivity index (χ0v) is 12.7. The molecule has 1 aliphatic heterocycles. The maximum atomic E-state index is 9.91. The molecule has 4 nitrogen and oxygen atoms in total. The van der Waals surface area contributed by atoms with Crippen LogP contribution in [-0.4, -0.2) is 49.9 Å². The Labute approximate surface area is 124 Å². The van der Waals surface area contributed by atoms with E-state index < -0.39 is 6.10 Å². The molecule has 2 atom stereocenters. The van der Waals surface area contributed by atoms with E-state index in [-0.39, 0.29) is 6.10 Å². The molecule has 1 heterocycles. The molecule has 2 rings (SSSR count). The van der Waals surface area contributed by atoms with Crippen molar-refractivity contribution in [2.75, 3.05) is 37.9 Å². The molecule has 2 unspecified atom stereocenters. The summed E-state index contributed by atoms with van der Waals surface area (Å²) in [5, 5.41) is 13.2. The summed E-state index contributed by atoms with van der Waals surface area (Å²) >= 11 is 1.69. The minimum absolute atomic E-state index is 0.215. The van der Waals surface area contributed by atoms with Gasteiger partial charge in [0.25, 0.3) is 0 Å². The lowest BCUT2D eigenvalue weighted by Gasteiger charge is -2.16. The summed E-state index contributed by atoms with van der Waals surface area (Å²) in [5.41, 5.74) is 1.05. The molecule has 1 aromatic carbocycles. The van der Waals surface area contributed by atoms with Crippen LogP contribution < -0.4 is 5.32 Å². The predicted molar refractivity (Wildman–Crippen MR) is 82.5 cm³/mol. The number of ether oxygens (including phenoxy) is 2. The monoisotopic (exact) mass is 297 g/mol. The number of benzene rings is 1.